The number of likely N-dealkylation sites (N-methyl/N-ethyl adjacent to an activating group) is 1. The smallest absolute Gasteiger partial charge is 0.323 e. The van der Waals surface area contributed by atoms with E-state index in [0.717, 1.165) is 10.9 Å². The average Bonchev–Trinajstić information content (AvgIpc) is 2.47. The zero-order valence-electron chi connectivity index (χ0n) is 12.5. The zero-order valence-corrected chi connectivity index (χ0v) is 12.5. The highest BCUT2D eigenvalue weighted by molar-refractivity contribution is 5.84. The van der Waals surface area contributed by atoms with Crippen LogP contribution in [0.2, 0.25) is 0 Å². The van der Waals surface area contributed by atoms with Gasteiger partial charge in [-0.2, -0.15) is 0 Å². The third-order valence-corrected chi connectivity index (χ3v) is 3.64. The van der Waals surface area contributed by atoms with Crippen LogP contribution in [0.15, 0.2) is 36.5 Å². The van der Waals surface area contributed by atoms with Gasteiger partial charge in [0.15, 0.2) is 0 Å². The van der Waals surface area contributed by atoms with Crippen LogP contribution in [0.25, 0.3) is 10.9 Å². The van der Waals surface area contributed by atoms with Crippen LogP contribution in [-0.4, -0.2) is 34.8 Å². The molecule has 0 fully saturated rings. The Kier molecular flexibility index (Phi) is 4.43. The average molecular weight is 288 g/mol. The molecule has 0 aliphatic rings. The summed E-state index contributed by atoms with van der Waals surface area (Å²) in [5.74, 6) is -0.221. The van der Waals surface area contributed by atoms with Crippen molar-refractivity contribution in [3.05, 3.63) is 36.5 Å². The van der Waals surface area contributed by atoms with Crippen molar-refractivity contribution in [2.45, 2.75) is 31.9 Å². The predicted molar refractivity (Wildman–Crippen MR) is 81.6 cm³/mol. The van der Waals surface area contributed by atoms with E-state index in [-0.39, 0.29) is 6.10 Å². The van der Waals surface area contributed by atoms with Gasteiger partial charge in [-0.15, -0.1) is 0 Å². The molecule has 0 amide bonds. The van der Waals surface area contributed by atoms with Gasteiger partial charge < -0.3 is 15.2 Å². The molecular weight excluding hydrogens is 268 g/mol. The topological polar surface area (TPSA) is 71.5 Å². The van der Waals surface area contributed by atoms with Crippen LogP contribution in [0.4, 0.5) is 0 Å². The first-order valence-electron chi connectivity index (χ1n) is 6.89. The highest BCUT2D eigenvalue weighted by atomic mass is 16.5. The van der Waals surface area contributed by atoms with Gasteiger partial charge in [-0.1, -0.05) is 18.2 Å². The number of nitrogens with zero attached hydrogens (tertiary/aromatic N) is 1. The Balaban J connectivity index is 2.19. The molecule has 0 spiro atoms. The number of para-hydroxylation sites is 1. The van der Waals surface area contributed by atoms with Crippen LogP contribution in [0.3, 0.4) is 0 Å². The number of nitrogens with one attached hydrogen (secondary N) is 1. The number of carbonyl (C=O) groups is 1. The van der Waals surface area contributed by atoms with E-state index in [0.29, 0.717) is 12.2 Å². The number of rotatable bonds is 6. The molecular formula is C16H20N2O3. The molecule has 0 aliphatic carbocycles. The summed E-state index contributed by atoms with van der Waals surface area (Å²) < 4.78 is 5.91. The van der Waals surface area contributed by atoms with Gasteiger partial charge in [-0.3, -0.25) is 9.78 Å². The molecule has 0 radical (unpaired) electrons. The van der Waals surface area contributed by atoms with Crippen molar-refractivity contribution in [3.8, 4) is 5.75 Å². The van der Waals surface area contributed by atoms with Gasteiger partial charge in [0.25, 0.3) is 0 Å². The highest BCUT2D eigenvalue weighted by Crippen LogP contribution is 2.25. The standard InChI is InChI=1S/C16H20N2O3/c1-11(10-16(2,17-3)15(19)20)21-13-8-4-6-12-7-5-9-18-14(12)13/h4-9,11,17H,10H2,1-3H3,(H,19,20). The van der Waals surface area contributed by atoms with Crippen molar-refractivity contribution in [1.82, 2.24) is 10.3 Å². The molecule has 0 aliphatic heterocycles. The van der Waals surface area contributed by atoms with E-state index < -0.39 is 11.5 Å². The van der Waals surface area contributed by atoms with E-state index >= 15 is 0 Å². The van der Waals surface area contributed by atoms with E-state index in [1.165, 1.54) is 0 Å². The van der Waals surface area contributed by atoms with E-state index in [1.54, 1.807) is 20.2 Å². The SMILES string of the molecule is CNC(C)(CC(C)Oc1cccc2cccnc12)C(=O)O. The lowest BCUT2D eigenvalue weighted by molar-refractivity contribution is -0.145. The molecule has 2 N–H and O–H groups in total. The number of pyridine rings is 1. The zero-order chi connectivity index (χ0) is 15.5. The Hall–Kier alpha value is -2.14. The van der Waals surface area contributed by atoms with Crippen LogP contribution in [-0.2, 0) is 4.79 Å². The minimum Gasteiger partial charge on any atom is -0.488 e. The third kappa shape index (κ3) is 3.31. The summed E-state index contributed by atoms with van der Waals surface area (Å²) in [6.45, 7) is 3.51. The molecule has 0 bridgehead atoms. The molecule has 5 heteroatoms. The van der Waals surface area contributed by atoms with Gasteiger partial charge in [0.05, 0.1) is 6.10 Å². The van der Waals surface area contributed by atoms with Crippen LogP contribution < -0.4 is 10.1 Å². The monoisotopic (exact) mass is 288 g/mol. The molecule has 112 valence electrons. The maximum Gasteiger partial charge on any atom is 0.323 e. The minimum absolute atomic E-state index is 0.258. The molecule has 1 heterocycles. The van der Waals surface area contributed by atoms with E-state index in [2.05, 4.69) is 10.3 Å². The van der Waals surface area contributed by atoms with Gasteiger partial charge >= 0.3 is 5.97 Å². The van der Waals surface area contributed by atoms with Gasteiger partial charge in [-0.05, 0) is 33.0 Å². The quantitative estimate of drug-likeness (QED) is 0.854. The molecule has 5 nitrogen and oxygen atoms in total. The maximum atomic E-state index is 11.3. The highest BCUT2D eigenvalue weighted by Gasteiger charge is 2.33. The molecule has 1 aromatic heterocycles. The maximum absolute atomic E-state index is 11.3. The normalized spacial score (nSPS) is 15.4. The molecule has 0 saturated carbocycles. The van der Waals surface area contributed by atoms with Gasteiger partial charge in [-0.25, -0.2) is 0 Å². The fraction of sp³-hybridized carbons (Fsp3) is 0.375. The molecule has 1 aromatic carbocycles. The van der Waals surface area contributed by atoms with E-state index in [1.807, 2.05) is 37.3 Å². The molecule has 2 unspecified atom stereocenters. The van der Waals surface area contributed by atoms with E-state index in [4.69, 9.17) is 4.74 Å². The summed E-state index contributed by atoms with van der Waals surface area (Å²) in [4.78, 5) is 15.7. The lowest BCUT2D eigenvalue weighted by Crippen LogP contribution is -2.50. The largest absolute Gasteiger partial charge is 0.488 e. The van der Waals surface area contributed by atoms with Crippen molar-refractivity contribution in [2.24, 2.45) is 0 Å². The summed E-state index contributed by atoms with van der Waals surface area (Å²) in [6, 6.07) is 9.56. The van der Waals surface area contributed by atoms with Gasteiger partial charge in [0.2, 0.25) is 0 Å². The van der Waals surface area contributed by atoms with Crippen LogP contribution in [0.1, 0.15) is 20.3 Å². The number of hydrogen-bond donors (Lipinski definition) is 2. The minimum atomic E-state index is -1.02. The summed E-state index contributed by atoms with van der Waals surface area (Å²) in [5, 5.41) is 13.1. The van der Waals surface area contributed by atoms with Crippen LogP contribution in [0.5, 0.6) is 5.75 Å². The van der Waals surface area contributed by atoms with Crippen molar-refractivity contribution >= 4 is 16.9 Å². The summed E-state index contributed by atoms with van der Waals surface area (Å²) in [5.41, 5.74) is -0.231. The third-order valence-electron chi connectivity index (χ3n) is 3.64. The number of ether oxygens (including phenoxy) is 1. The van der Waals surface area contributed by atoms with Gasteiger partial charge in [0, 0.05) is 18.0 Å². The van der Waals surface area contributed by atoms with Crippen molar-refractivity contribution in [3.63, 3.8) is 0 Å². The Morgan fingerprint density at radius 3 is 2.81 bits per heavy atom. The van der Waals surface area contributed by atoms with Crippen molar-refractivity contribution in [1.29, 1.82) is 0 Å². The second-order valence-corrected chi connectivity index (χ2v) is 5.35. The molecule has 0 saturated heterocycles. The Labute approximate surface area is 124 Å². The van der Waals surface area contributed by atoms with Crippen molar-refractivity contribution < 1.29 is 14.6 Å². The van der Waals surface area contributed by atoms with Gasteiger partial charge in [0.1, 0.15) is 16.8 Å². The summed E-state index contributed by atoms with van der Waals surface area (Å²) in [7, 11) is 1.64. The molecule has 2 atom stereocenters. The first kappa shape index (κ1) is 15.3. The number of aromatic nitrogens is 1. The fourth-order valence-corrected chi connectivity index (χ4v) is 2.30. The molecule has 21 heavy (non-hydrogen) atoms. The lowest BCUT2D eigenvalue weighted by atomic mass is 9.95. The first-order chi connectivity index (χ1) is 9.96. The number of benzene rings is 1. The van der Waals surface area contributed by atoms with Crippen molar-refractivity contribution in [2.75, 3.05) is 7.05 Å². The number of fused-ring (bicyclic) bond motifs is 1. The predicted octanol–water partition coefficient (Wildman–Crippen LogP) is 2.45. The second kappa shape index (κ2) is 6.10. The molecule has 2 aromatic rings. The number of carboxylic acid groups (broad SMARTS) is 1. The van der Waals surface area contributed by atoms with Crippen LogP contribution >= 0.6 is 0 Å². The Morgan fingerprint density at radius 2 is 2.14 bits per heavy atom. The number of carboxylic acids is 1. The second-order valence-electron chi connectivity index (χ2n) is 5.35. The number of aliphatic carboxylic acids is 1. The summed E-state index contributed by atoms with van der Waals surface area (Å²) >= 11 is 0. The Morgan fingerprint density at radius 1 is 1.43 bits per heavy atom. The first-order valence-corrected chi connectivity index (χ1v) is 6.89. The summed E-state index contributed by atoms with van der Waals surface area (Å²) in [6.07, 6.45) is 1.81. The Bertz CT molecular complexity index is 639. The number of hydrogen-bond acceptors (Lipinski definition) is 4. The van der Waals surface area contributed by atoms with E-state index in [9.17, 15) is 9.90 Å². The fourth-order valence-electron chi connectivity index (χ4n) is 2.30. The van der Waals surface area contributed by atoms with Crippen LogP contribution in [0, 0.1) is 0 Å². The lowest BCUT2D eigenvalue weighted by Gasteiger charge is -2.28. The molecule has 2 rings (SSSR count).